The second-order valence-corrected chi connectivity index (χ2v) is 5.16. The minimum atomic E-state index is -0.106. The number of hydrogen-bond donors (Lipinski definition) is 1. The molecular weight excluding hydrogens is 269 g/mol. The summed E-state index contributed by atoms with van der Waals surface area (Å²) in [6, 6.07) is 5.12. The Bertz CT molecular complexity index is 328. The minimum absolute atomic E-state index is 0.106. The van der Waals surface area contributed by atoms with E-state index in [9.17, 15) is 4.39 Å². The number of nitrogens with one attached hydrogen (secondary N) is 1. The zero-order valence-corrected chi connectivity index (χ0v) is 11.5. The van der Waals surface area contributed by atoms with Gasteiger partial charge in [0.2, 0.25) is 0 Å². The first kappa shape index (κ1) is 13.7. The normalized spacial score (nSPS) is 12.8. The highest BCUT2D eigenvalue weighted by molar-refractivity contribution is 9.10. The molecule has 0 amide bonds. The average molecular weight is 288 g/mol. The van der Waals surface area contributed by atoms with Crippen molar-refractivity contribution in [2.24, 2.45) is 5.92 Å². The van der Waals surface area contributed by atoms with Crippen molar-refractivity contribution in [2.45, 2.75) is 26.7 Å². The van der Waals surface area contributed by atoms with Crippen LogP contribution in [0.2, 0.25) is 0 Å². The summed E-state index contributed by atoms with van der Waals surface area (Å²) in [7, 11) is 0. The lowest BCUT2D eigenvalue weighted by Gasteiger charge is -2.13. The molecule has 3 heteroatoms. The van der Waals surface area contributed by atoms with Crippen LogP contribution in [0.15, 0.2) is 22.7 Å². The molecule has 0 spiro atoms. The van der Waals surface area contributed by atoms with Crippen LogP contribution in [0.1, 0.15) is 25.8 Å². The zero-order chi connectivity index (χ0) is 12.0. The van der Waals surface area contributed by atoms with Crippen molar-refractivity contribution in [3.8, 4) is 0 Å². The van der Waals surface area contributed by atoms with Crippen molar-refractivity contribution in [3.63, 3.8) is 0 Å². The van der Waals surface area contributed by atoms with Crippen LogP contribution in [0.5, 0.6) is 0 Å². The van der Waals surface area contributed by atoms with Crippen molar-refractivity contribution in [1.29, 1.82) is 0 Å². The van der Waals surface area contributed by atoms with Gasteiger partial charge >= 0.3 is 0 Å². The Morgan fingerprint density at radius 2 is 2.19 bits per heavy atom. The van der Waals surface area contributed by atoms with Crippen molar-refractivity contribution < 1.29 is 4.39 Å². The lowest BCUT2D eigenvalue weighted by molar-refractivity contribution is 0.497. The summed E-state index contributed by atoms with van der Waals surface area (Å²) >= 11 is 3.37. The molecule has 1 rings (SSSR count). The molecule has 16 heavy (non-hydrogen) atoms. The third kappa shape index (κ3) is 4.62. The molecule has 1 aromatic carbocycles. The van der Waals surface area contributed by atoms with Crippen LogP contribution in [0.3, 0.4) is 0 Å². The standard InChI is InChI=1S/C13H19BrFN/c1-3-6-16-9-10(2)7-11-8-12(14)4-5-13(11)15/h4-5,8,10,16H,3,6-7,9H2,1-2H3. The molecule has 0 saturated carbocycles. The zero-order valence-electron chi connectivity index (χ0n) is 9.89. The van der Waals surface area contributed by atoms with E-state index in [1.165, 1.54) is 6.07 Å². The molecule has 1 unspecified atom stereocenters. The maximum absolute atomic E-state index is 13.5. The number of benzene rings is 1. The summed E-state index contributed by atoms with van der Waals surface area (Å²) in [4.78, 5) is 0. The molecule has 0 bridgehead atoms. The molecule has 90 valence electrons. The highest BCUT2D eigenvalue weighted by Crippen LogP contribution is 2.18. The Morgan fingerprint density at radius 1 is 1.44 bits per heavy atom. The molecule has 1 N–H and O–H groups in total. The lowest BCUT2D eigenvalue weighted by Crippen LogP contribution is -2.23. The van der Waals surface area contributed by atoms with Gasteiger partial charge in [-0.15, -0.1) is 0 Å². The molecule has 0 aliphatic rings. The lowest BCUT2D eigenvalue weighted by atomic mass is 10.0. The van der Waals surface area contributed by atoms with E-state index in [2.05, 4.69) is 35.1 Å². The molecule has 1 aromatic rings. The van der Waals surface area contributed by atoms with Crippen molar-refractivity contribution in [1.82, 2.24) is 5.32 Å². The van der Waals surface area contributed by atoms with E-state index < -0.39 is 0 Å². The average Bonchev–Trinajstić information content (AvgIpc) is 2.24. The van der Waals surface area contributed by atoms with Crippen LogP contribution in [-0.2, 0) is 6.42 Å². The molecule has 1 nitrogen and oxygen atoms in total. The van der Waals surface area contributed by atoms with Gasteiger partial charge in [-0.3, -0.25) is 0 Å². The van der Waals surface area contributed by atoms with Gasteiger partial charge < -0.3 is 5.32 Å². The first-order valence-corrected chi connectivity index (χ1v) is 6.57. The third-order valence-corrected chi connectivity index (χ3v) is 2.99. The molecule has 0 aliphatic heterocycles. The predicted octanol–water partition coefficient (Wildman–Crippen LogP) is 3.77. The summed E-state index contributed by atoms with van der Waals surface area (Å²) in [5, 5.41) is 3.35. The Hall–Kier alpha value is -0.410. The molecule has 0 aliphatic carbocycles. The molecule has 0 aromatic heterocycles. The Balaban J connectivity index is 2.48. The maximum atomic E-state index is 13.5. The van der Waals surface area contributed by atoms with Crippen LogP contribution < -0.4 is 5.32 Å². The summed E-state index contributed by atoms with van der Waals surface area (Å²) in [5.41, 5.74) is 0.792. The van der Waals surface area contributed by atoms with Crippen LogP contribution in [0.4, 0.5) is 4.39 Å². The van der Waals surface area contributed by atoms with E-state index in [4.69, 9.17) is 0 Å². The van der Waals surface area contributed by atoms with Gasteiger partial charge in [-0.05, 0) is 55.6 Å². The maximum Gasteiger partial charge on any atom is 0.126 e. The van der Waals surface area contributed by atoms with Gasteiger partial charge in [-0.1, -0.05) is 29.8 Å². The Labute approximate surface area is 106 Å². The third-order valence-electron chi connectivity index (χ3n) is 2.50. The van der Waals surface area contributed by atoms with Crippen molar-refractivity contribution in [2.75, 3.05) is 13.1 Å². The Kier molecular flexibility index (Phi) is 5.99. The fourth-order valence-corrected chi connectivity index (χ4v) is 2.08. The second-order valence-electron chi connectivity index (χ2n) is 4.25. The molecule has 0 fully saturated rings. The number of hydrogen-bond acceptors (Lipinski definition) is 1. The van der Waals surface area contributed by atoms with Gasteiger partial charge in [0.25, 0.3) is 0 Å². The fourth-order valence-electron chi connectivity index (χ4n) is 1.67. The smallest absolute Gasteiger partial charge is 0.126 e. The van der Waals surface area contributed by atoms with E-state index in [0.717, 1.165) is 36.0 Å². The van der Waals surface area contributed by atoms with Crippen molar-refractivity contribution in [3.05, 3.63) is 34.1 Å². The number of rotatable bonds is 6. The predicted molar refractivity (Wildman–Crippen MR) is 70.1 cm³/mol. The Morgan fingerprint density at radius 3 is 2.88 bits per heavy atom. The highest BCUT2D eigenvalue weighted by Gasteiger charge is 2.08. The summed E-state index contributed by atoms with van der Waals surface area (Å²) in [5.74, 6) is 0.348. The monoisotopic (exact) mass is 287 g/mol. The van der Waals surface area contributed by atoms with Crippen LogP contribution >= 0.6 is 15.9 Å². The SMILES string of the molecule is CCCNCC(C)Cc1cc(Br)ccc1F. The van der Waals surface area contributed by atoms with Gasteiger partial charge in [0.05, 0.1) is 0 Å². The first-order valence-electron chi connectivity index (χ1n) is 5.78. The quantitative estimate of drug-likeness (QED) is 0.786. The molecule has 1 atom stereocenters. The van der Waals surface area contributed by atoms with Crippen molar-refractivity contribution >= 4 is 15.9 Å². The largest absolute Gasteiger partial charge is 0.316 e. The number of halogens is 2. The fraction of sp³-hybridized carbons (Fsp3) is 0.538. The van der Waals surface area contributed by atoms with E-state index in [1.54, 1.807) is 6.07 Å². The van der Waals surface area contributed by atoms with E-state index in [-0.39, 0.29) is 5.82 Å². The van der Waals surface area contributed by atoms with Gasteiger partial charge in [-0.2, -0.15) is 0 Å². The summed E-state index contributed by atoms with van der Waals surface area (Å²) in [6.45, 7) is 6.26. The van der Waals surface area contributed by atoms with Gasteiger partial charge in [-0.25, -0.2) is 4.39 Å². The minimum Gasteiger partial charge on any atom is -0.316 e. The van der Waals surface area contributed by atoms with Gasteiger partial charge in [0.15, 0.2) is 0 Å². The van der Waals surface area contributed by atoms with Gasteiger partial charge in [0.1, 0.15) is 5.82 Å². The summed E-state index contributed by atoms with van der Waals surface area (Å²) < 4.78 is 14.4. The van der Waals surface area contributed by atoms with E-state index in [1.807, 2.05) is 6.07 Å². The topological polar surface area (TPSA) is 12.0 Å². The molecule has 0 radical (unpaired) electrons. The van der Waals surface area contributed by atoms with Crippen LogP contribution in [-0.4, -0.2) is 13.1 Å². The molecule has 0 heterocycles. The second kappa shape index (κ2) is 7.02. The van der Waals surface area contributed by atoms with E-state index >= 15 is 0 Å². The molecular formula is C13H19BrFN. The van der Waals surface area contributed by atoms with Crippen LogP contribution in [0.25, 0.3) is 0 Å². The highest BCUT2D eigenvalue weighted by atomic mass is 79.9. The van der Waals surface area contributed by atoms with Crippen LogP contribution in [0, 0.1) is 11.7 Å². The summed E-state index contributed by atoms with van der Waals surface area (Å²) in [6.07, 6.45) is 1.92. The van der Waals surface area contributed by atoms with E-state index in [0.29, 0.717) is 5.92 Å². The first-order chi connectivity index (χ1) is 7.63. The molecule has 0 saturated heterocycles. The van der Waals surface area contributed by atoms with Gasteiger partial charge in [0, 0.05) is 4.47 Å².